The van der Waals surface area contributed by atoms with Crippen LogP contribution in [0.2, 0.25) is 5.02 Å². The fourth-order valence-electron chi connectivity index (χ4n) is 3.21. The van der Waals surface area contributed by atoms with E-state index in [1.165, 1.54) is 16.7 Å². The van der Waals surface area contributed by atoms with Crippen molar-refractivity contribution < 1.29 is 23.4 Å². The lowest BCUT2D eigenvalue weighted by molar-refractivity contribution is 0.213. The molecule has 0 aliphatic carbocycles. The molecule has 2 heterocycles. The highest BCUT2D eigenvalue weighted by atomic mass is 35.5. The molecule has 1 aromatic heterocycles. The second kappa shape index (κ2) is 8.49. The van der Waals surface area contributed by atoms with Gasteiger partial charge in [-0.1, -0.05) is 17.7 Å². The minimum absolute atomic E-state index is 0.0745. The van der Waals surface area contributed by atoms with E-state index in [1.54, 1.807) is 25.1 Å². The SMILES string of the molecule is Cc1c(Cl)cccc1NC(=O)N(C)c1csc(S(=O)(=O)N2CCC[C@@H]2CO)c1O. The van der Waals surface area contributed by atoms with E-state index in [2.05, 4.69) is 5.32 Å². The zero-order valence-corrected chi connectivity index (χ0v) is 18.3. The van der Waals surface area contributed by atoms with Gasteiger partial charge in [0.05, 0.1) is 12.3 Å². The number of aromatic hydroxyl groups is 1. The number of nitrogens with one attached hydrogen (secondary N) is 1. The molecule has 158 valence electrons. The van der Waals surface area contributed by atoms with Gasteiger partial charge in [0.2, 0.25) is 0 Å². The molecular formula is C18H22ClN3O5S2. The number of halogens is 1. The van der Waals surface area contributed by atoms with Crippen LogP contribution in [-0.4, -0.2) is 55.2 Å². The zero-order chi connectivity index (χ0) is 21.3. The molecule has 1 aliphatic rings. The van der Waals surface area contributed by atoms with Gasteiger partial charge < -0.3 is 15.5 Å². The van der Waals surface area contributed by atoms with E-state index in [1.807, 2.05) is 0 Å². The van der Waals surface area contributed by atoms with Gasteiger partial charge in [0.25, 0.3) is 10.0 Å². The predicted octanol–water partition coefficient (Wildman–Crippen LogP) is 3.23. The number of aliphatic hydroxyl groups is 1. The van der Waals surface area contributed by atoms with Crippen LogP contribution in [-0.2, 0) is 10.0 Å². The van der Waals surface area contributed by atoms with E-state index in [0.717, 1.165) is 16.2 Å². The highest BCUT2D eigenvalue weighted by Gasteiger charge is 2.38. The second-order valence-corrected chi connectivity index (χ2v) is 10.1. The number of carbonyl (C=O) groups excluding carboxylic acids is 1. The Hall–Kier alpha value is -1.85. The summed E-state index contributed by atoms with van der Waals surface area (Å²) in [6, 6.07) is 4.04. The van der Waals surface area contributed by atoms with Crippen molar-refractivity contribution in [1.29, 1.82) is 0 Å². The monoisotopic (exact) mass is 459 g/mol. The molecule has 0 radical (unpaired) electrons. The number of thiophene rings is 1. The van der Waals surface area contributed by atoms with Crippen LogP contribution >= 0.6 is 22.9 Å². The first-order chi connectivity index (χ1) is 13.7. The number of hydrogen-bond donors (Lipinski definition) is 3. The van der Waals surface area contributed by atoms with Gasteiger partial charge in [-0.05, 0) is 37.5 Å². The fourth-order valence-corrected chi connectivity index (χ4v) is 6.51. The summed E-state index contributed by atoms with van der Waals surface area (Å²) in [5.41, 5.74) is 1.28. The van der Waals surface area contributed by atoms with Crippen LogP contribution < -0.4 is 10.2 Å². The maximum atomic E-state index is 12.9. The quantitative estimate of drug-likeness (QED) is 0.635. The Kier molecular flexibility index (Phi) is 6.39. The number of benzene rings is 1. The number of hydrogen-bond acceptors (Lipinski definition) is 6. The van der Waals surface area contributed by atoms with Crippen molar-refractivity contribution in [3.8, 4) is 5.75 Å². The van der Waals surface area contributed by atoms with Crippen LogP contribution in [0.15, 0.2) is 27.8 Å². The number of amides is 2. The summed E-state index contributed by atoms with van der Waals surface area (Å²) in [7, 11) is -2.54. The molecule has 0 saturated carbocycles. The van der Waals surface area contributed by atoms with Gasteiger partial charge in [-0.15, -0.1) is 11.3 Å². The number of nitrogens with zero attached hydrogens (tertiary/aromatic N) is 2. The molecule has 1 aliphatic heterocycles. The van der Waals surface area contributed by atoms with E-state index in [-0.39, 0.29) is 23.0 Å². The molecular weight excluding hydrogens is 438 g/mol. The van der Waals surface area contributed by atoms with E-state index >= 15 is 0 Å². The summed E-state index contributed by atoms with van der Waals surface area (Å²) in [6.07, 6.45) is 1.21. The van der Waals surface area contributed by atoms with Crippen LogP contribution in [0, 0.1) is 6.92 Å². The van der Waals surface area contributed by atoms with Crippen LogP contribution in [0.25, 0.3) is 0 Å². The summed E-state index contributed by atoms with van der Waals surface area (Å²) in [5, 5.41) is 24.6. The van der Waals surface area contributed by atoms with Crippen molar-refractivity contribution in [1.82, 2.24) is 4.31 Å². The fraction of sp³-hybridized carbons (Fsp3) is 0.389. The number of anilines is 2. The minimum atomic E-state index is -3.97. The van der Waals surface area contributed by atoms with Gasteiger partial charge in [-0.25, -0.2) is 13.2 Å². The van der Waals surface area contributed by atoms with Gasteiger partial charge >= 0.3 is 6.03 Å². The van der Waals surface area contributed by atoms with E-state index in [0.29, 0.717) is 29.1 Å². The number of rotatable bonds is 5. The third-order valence-corrected chi connectivity index (χ3v) is 8.80. The maximum Gasteiger partial charge on any atom is 0.326 e. The Labute approximate surface area is 178 Å². The maximum absolute atomic E-state index is 12.9. The Bertz CT molecular complexity index is 1020. The minimum Gasteiger partial charge on any atom is -0.504 e. The highest BCUT2D eigenvalue weighted by molar-refractivity contribution is 7.91. The molecule has 2 amide bonds. The molecule has 1 saturated heterocycles. The number of sulfonamides is 1. The average molecular weight is 460 g/mol. The van der Waals surface area contributed by atoms with Crippen molar-refractivity contribution in [3.05, 3.63) is 34.2 Å². The standard InChI is InChI=1S/C18H22ClN3O5S2/c1-11-13(19)6-3-7-14(11)20-18(25)21(2)15-10-28-17(16(15)24)29(26,27)22-8-4-5-12(22)9-23/h3,6-7,10,12,23-24H,4-5,8-9H2,1-2H3,(H,20,25)/t12-/m1/s1. The van der Waals surface area contributed by atoms with Crippen molar-refractivity contribution in [2.45, 2.75) is 30.0 Å². The number of aliphatic hydroxyl groups excluding tert-OH is 1. The Morgan fingerprint density at radius 1 is 1.45 bits per heavy atom. The highest BCUT2D eigenvalue weighted by Crippen LogP contribution is 2.42. The molecule has 1 atom stereocenters. The smallest absolute Gasteiger partial charge is 0.326 e. The van der Waals surface area contributed by atoms with Crippen LogP contribution in [0.4, 0.5) is 16.2 Å². The third kappa shape index (κ3) is 4.08. The Morgan fingerprint density at radius 3 is 2.86 bits per heavy atom. The molecule has 0 unspecified atom stereocenters. The summed E-state index contributed by atoms with van der Waals surface area (Å²) >= 11 is 6.90. The molecule has 1 aromatic carbocycles. The summed E-state index contributed by atoms with van der Waals surface area (Å²) in [5.74, 6) is -0.487. The lowest BCUT2D eigenvalue weighted by Gasteiger charge is -2.22. The largest absolute Gasteiger partial charge is 0.504 e. The first-order valence-corrected chi connectivity index (χ1v) is 11.6. The summed E-state index contributed by atoms with van der Waals surface area (Å²) in [4.78, 5) is 13.8. The average Bonchev–Trinajstić information content (AvgIpc) is 3.32. The van der Waals surface area contributed by atoms with Gasteiger partial charge in [0.1, 0.15) is 0 Å². The van der Waals surface area contributed by atoms with Gasteiger partial charge in [0.15, 0.2) is 9.96 Å². The van der Waals surface area contributed by atoms with Gasteiger partial charge in [-0.2, -0.15) is 4.31 Å². The topological polar surface area (TPSA) is 110 Å². The predicted molar refractivity (Wildman–Crippen MR) is 114 cm³/mol. The zero-order valence-electron chi connectivity index (χ0n) is 15.9. The molecule has 1 fully saturated rings. The molecule has 29 heavy (non-hydrogen) atoms. The van der Waals surface area contributed by atoms with Crippen molar-refractivity contribution in [3.63, 3.8) is 0 Å². The van der Waals surface area contributed by atoms with E-state index in [4.69, 9.17) is 11.6 Å². The number of carbonyl (C=O) groups is 1. The van der Waals surface area contributed by atoms with Gasteiger partial charge in [-0.3, -0.25) is 4.90 Å². The molecule has 11 heteroatoms. The van der Waals surface area contributed by atoms with Gasteiger partial charge in [0, 0.05) is 35.7 Å². The molecule has 3 N–H and O–H groups in total. The molecule has 8 nitrogen and oxygen atoms in total. The lowest BCUT2D eigenvalue weighted by atomic mass is 10.2. The van der Waals surface area contributed by atoms with Crippen LogP contribution in [0.5, 0.6) is 5.75 Å². The van der Waals surface area contributed by atoms with Crippen LogP contribution in [0.1, 0.15) is 18.4 Å². The summed E-state index contributed by atoms with van der Waals surface area (Å²) < 4.78 is 26.8. The first kappa shape index (κ1) is 21.8. The Morgan fingerprint density at radius 2 is 2.17 bits per heavy atom. The first-order valence-electron chi connectivity index (χ1n) is 8.91. The lowest BCUT2D eigenvalue weighted by Crippen LogP contribution is -2.37. The molecule has 0 spiro atoms. The van der Waals surface area contributed by atoms with Crippen molar-refractivity contribution in [2.24, 2.45) is 0 Å². The van der Waals surface area contributed by atoms with E-state index in [9.17, 15) is 23.4 Å². The molecule has 0 bridgehead atoms. The van der Waals surface area contributed by atoms with E-state index < -0.39 is 27.8 Å². The van der Waals surface area contributed by atoms with Crippen molar-refractivity contribution in [2.75, 3.05) is 30.4 Å². The number of urea groups is 1. The van der Waals surface area contributed by atoms with Crippen molar-refractivity contribution >= 4 is 50.4 Å². The molecule has 3 rings (SSSR count). The normalized spacial score (nSPS) is 17.4. The van der Waals surface area contributed by atoms with Crippen LogP contribution in [0.3, 0.4) is 0 Å². The Balaban J connectivity index is 1.84. The second-order valence-electron chi connectivity index (χ2n) is 6.75. The third-order valence-electron chi connectivity index (χ3n) is 4.97. The molecule has 2 aromatic rings. The summed E-state index contributed by atoms with van der Waals surface area (Å²) in [6.45, 7) is 1.77.